The number of hydrogen-bond acceptors (Lipinski definition) is 4. The van der Waals surface area contributed by atoms with E-state index in [1.807, 2.05) is 53.4 Å². The minimum atomic E-state index is -0.0752. The van der Waals surface area contributed by atoms with Crippen LogP contribution in [0.2, 0.25) is 0 Å². The molecule has 1 aliphatic carbocycles. The molecule has 0 spiro atoms. The van der Waals surface area contributed by atoms with E-state index in [0.717, 1.165) is 47.2 Å². The second-order valence-corrected chi connectivity index (χ2v) is 11.2. The van der Waals surface area contributed by atoms with Crippen molar-refractivity contribution < 1.29 is 9.59 Å². The molecular weight excluding hydrogens is 510 g/mol. The maximum Gasteiger partial charge on any atom is 0.261 e. The SMILES string of the molecule is CN(CCCNC(=O)CN1C(=O)/C(=C\c2cccc(Br)c2)SC2CCCCC21)c1ccccc1. The standard InChI is InChI=1S/C27H32BrN3O2S/c1-30(22-11-3-2-4-12-22)16-8-15-29-26(32)19-31-23-13-5-6-14-24(23)34-25(27(31)33)18-20-9-7-10-21(28)17-20/h2-4,7,9-12,17-18,23-24H,5-6,8,13-16,19H2,1H3,(H,29,32)/b25-18+. The van der Waals surface area contributed by atoms with E-state index in [2.05, 4.69) is 45.3 Å². The predicted octanol–water partition coefficient (Wildman–Crippen LogP) is 5.32. The lowest BCUT2D eigenvalue weighted by atomic mass is 9.93. The number of thioether (sulfide) groups is 1. The maximum atomic E-state index is 13.4. The zero-order chi connectivity index (χ0) is 23.9. The number of halogens is 1. The summed E-state index contributed by atoms with van der Waals surface area (Å²) in [6.07, 6.45) is 7.17. The van der Waals surface area contributed by atoms with Gasteiger partial charge in [-0.15, -0.1) is 11.8 Å². The number of amides is 2. The van der Waals surface area contributed by atoms with E-state index >= 15 is 0 Å². The highest BCUT2D eigenvalue weighted by molar-refractivity contribution is 9.10. The van der Waals surface area contributed by atoms with Crippen LogP contribution in [0.1, 0.15) is 37.7 Å². The Kier molecular flexibility index (Phi) is 8.73. The Bertz CT molecular complexity index is 1030. The first-order chi connectivity index (χ1) is 16.5. The summed E-state index contributed by atoms with van der Waals surface area (Å²) in [5.74, 6) is -0.0965. The van der Waals surface area contributed by atoms with Gasteiger partial charge in [0.05, 0.1) is 4.91 Å². The molecule has 0 radical (unpaired) electrons. The second kappa shape index (κ2) is 11.9. The van der Waals surface area contributed by atoms with Gasteiger partial charge >= 0.3 is 0 Å². The summed E-state index contributed by atoms with van der Waals surface area (Å²) in [6, 6.07) is 18.3. The number of benzene rings is 2. The average molecular weight is 543 g/mol. The Morgan fingerprint density at radius 2 is 1.97 bits per heavy atom. The molecule has 1 aliphatic heterocycles. The van der Waals surface area contributed by atoms with Crippen molar-refractivity contribution in [3.8, 4) is 0 Å². The Hall–Kier alpha value is -2.25. The fraction of sp³-hybridized carbons (Fsp3) is 0.407. The summed E-state index contributed by atoms with van der Waals surface area (Å²) in [5.41, 5.74) is 2.16. The number of carbonyl (C=O) groups excluding carboxylic acids is 2. The number of nitrogens with zero attached hydrogens (tertiary/aromatic N) is 2. The van der Waals surface area contributed by atoms with Crippen LogP contribution in [0.25, 0.3) is 6.08 Å². The van der Waals surface area contributed by atoms with Gasteiger partial charge in [-0.1, -0.05) is 59.1 Å². The topological polar surface area (TPSA) is 52.7 Å². The van der Waals surface area contributed by atoms with Crippen molar-refractivity contribution >= 4 is 51.3 Å². The lowest BCUT2D eigenvalue weighted by Crippen LogP contribution is -2.54. The first-order valence-electron chi connectivity index (χ1n) is 12.0. The molecule has 1 saturated heterocycles. The van der Waals surface area contributed by atoms with Crippen molar-refractivity contribution in [3.63, 3.8) is 0 Å². The molecule has 1 N–H and O–H groups in total. The molecule has 2 unspecified atom stereocenters. The Morgan fingerprint density at radius 3 is 2.76 bits per heavy atom. The molecular formula is C27H32BrN3O2S. The summed E-state index contributed by atoms with van der Waals surface area (Å²) in [7, 11) is 2.06. The molecule has 2 aromatic carbocycles. The van der Waals surface area contributed by atoms with Crippen molar-refractivity contribution in [3.05, 3.63) is 69.5 Å². The van der Waals surface area contributed by atoms with E-state index in [1.165, 1.54) is 12.1 Å². The molecule has 2 aliphatic rings. The van der Waals surface area contributed by atoms with Crippen molar-refractivity contribution in [1.82, 2.24) is 10.2 Å². The molecule has 5 nitrogen and oxygen atoms in total. The third kappa shape index (κ3) is 6.45. The average Bonchev–Trinajstić information content (AvgIpc) is 2.85. The van der Waals surface area contributed by atoms with Crippen LogP contribution in [0.3, 0.4) is 0 Å². The Balaban J connectivity index is 1.35. The molecule has 2 aromatic rings. The second-order valence-electron chi connectivity index (χ2n) is 8.97. The smallest absolute Gasteiger partial charge is 0.261 e. The van der Waals surface area contributed by atoms with E-state index < -0.39 is 0 Å². The fourth-order valence-electron chi connectivity index (χ4n) is 4.68. The van der Waals surface area contributed by atoms with Gasteiger partial charge in [-0.2, -0.15) is 0 Å². The molecule has 1 saturated carbocycles. The largest absolute Gasteiger partial charge is 0.375 e. The van der Waals surface area contributed by atoms with Crippen LogP contribution in [0.5, 0.6) is 0 Å². The molecule has 0 bridgehead atoms. The Morgan fingerprint density at radius 1 is 1.18 bits per heavy atom. The number of rotatable bonds is 8. The normalized spacial score (nSPS) is 21.3. The van der Waals surface area contributed by atoms with Crippen LogP contribution in [0.4, 0.5) is 5.69 Å². The van der Waals surface area contributed by atoms with Crippen LogP contribution in [-0.4, -0.2) is 54.7 Å². The van der Waals surface area contributed by atoms with E-state index in [-0.39, 0.29) is 24.4 Å². The van der Waals surface area contributed by atoms with Crippen LogP contribution in [0, 0.1) is 0 Å². The number of hydrogen-bond donors (Lipinski definition) is 1. The molecule has 7 heteroatoms. The van der Waals surface area contributed by atoms with Gasteiger partial charge in [0.25, 0.3) is 5.91 Å². The van der Waals surface area contributed by atoms with Gasteiger partial charge in [0.15, 0.2) is 0 Å². The summed E-state index contributed by atoms with van der Waals surface area (Å²) in [6.45, 7) is 1.58. The van der Waals surface area contributed by atoms with Crippen LogP contribution in [-0.2, 0) is 9.59 Å². The highest BCUT2D eigenvalue weighted by Crippen LogP contribution is 2.42. The Labute approximate surface area is 215 Å². The number of fused-ring (bicyclic) bond motifs is 1. The molecule has 2 atom stereocenters. The minimum Gasteiger partial charge on any atom is -0.375 e. The quantitative estimate of drug-likeness (QED) is 0.363. The van der Waals surface area contributed by atoms with E-state index in [1.54, 1.807) is 11.8 Å². The lowest BCUT2D eigenvalue weighted by Gasteiger charge is -2.43. The molecule has 1 heterocycles. The predicted molar refractivity (Wildman–Crippen MR) is 145 cm³/mol. The van der Waals surface area contributed by atoms with E-state index in [9.17, 15) is 9.59 Å². The first kappa shape index (κ1) is 24.9. The zero-order valence-corrected chi connectivity index (χ0v) is 22.0. The fourth-order valence-corrected chi connectivity index (χ4v) is 6.57. The third-order valence-electron chi connectivity index (χ3n) is 6.47. The van der Waals surface area contributed by atoms with Gasteiger partial charge in [0.2, 0.25) is 5.91 Å². The van der Waals surface area contributed by atoms with Crippen molar-refractivity contribution in [1.29, 1.82) is 0 Å². The molecule has 2 fully saturated rings. The summed E-state index contributed by atoms with van der Waals surface area (Å²) >= 11 is 5.20. The maximum absolute atomic E-state index is 13.4. The van der Waals surface area contributed by atoms with Crippen molar-refractivity contribution in [2.24, 2.45) is 0 Å². The van der Waals surface area contributed by atoms with Crippen LogP contribution in [0.15, 0.2) is 64.0 Å². The number of para-hydroxylation sites is 1. The van der Waals surface area contributed by atoms with Crippen molar-refractivity contribution in [2.75, 3.05) is 31.6 Å². The monoisotopic (exact) mass is 541 g/mol. The molecule has 0 aromatic heterocycles. The summed E-state index contributed by atoms with van der Waals surface area (Å²) in [4.78, 5) is 31.0. The third-order valence-corrected chi connectivity index (χ3v) is 8.36. The minimum absolute atomic E-state index is 0.0212. The molecule has 34 heavy (non-hydrogen) atoms. The summed E-state index contributed by atoms with van der Waals surface area (Å²) < 4.78 is 0.986. The number of anilines is 1. The van der Waals surface area contributed by atoms with Gasteiger partial charge in [-0.3, -0.25) is 9.59 Å². The van der Waals surface area contributed by atoms with Gasteiger partial charge in [0.1, 0.15) is 6.54 Å². The number of carbonyl (C=O) groups is 2. The molecule has 2 amide bonds. The van der Waals surface area contributed by atoms with Gasteiger partial charge in [0, 0.05) is 41.6 Å². The van der Waals surface area contributed by atoms with Gasteiger partial charge < -0.3 is 15.1 Å². The number of nitrogens with one attached hydrogen (secondary N) is 1. The highest BCUT2D eigenvalue weighted by Gasteiger charge is 2.41. The molecule has 4 rings (SSSR count). The highest BCUT2D eigenvalue weighted by atomic mass is 79.9. The van der Waals surface area contributed by atoms with Gasteiger partial charge in [-0.05, 0) is 55.2 Å². The van der Waals surface area contributed by atoms with Crippen molar-refractivity contribution in [2.45, 2.75) is 43.4 Å². The van der Waals surface area contributed by atoms with E-state index in [4.69, 9.17) is 0 Å². The van der Waals surface area contributed by atoms with E-state index in [0.29, 0.717) is 11.8 Å². The van der Waals surface area contributed by atoms with Gasteiger partial charge in [-0.25, -0.2) is 0 Å². The summed E-state index contributed by atoms with van der Waals surface area (Å²) in [5, 5.41) is 3.39. The van der Waals surface area contributed by atoms with Crippen LogP contribution >= 0.6 is 27.7 Å². The first-order valence-corrected chi connectivity index (χ1v) is 13.7. The van der Waals surface area contributed by atoms with Crippen LogP contribution < -0.4 is 10.2 Å². The lowest BCUT2D eigenvalue weighted by molar-refractivity contribution is -0.135. The molecule has 180 valence electrons. The zero-order valence-electron chi connectivity index (χ0n) is 19.6.